The van der Waals surface area contributed by atoms with Gasteiger partial charge in [0.05, 0.1) is 6.10 Å². The van der Waals surface area contributed by atoms with Gasteiger partial charge in [-0.2, -0.15) is 0 Å². The molecule has 0 fully saturated rings. The normalized spacial score (nSPS) is 17.4. The summed E-state index contributed by atoms with van der Waals surface area (Å²) in [5.74, 6) is 0. The van der Waals surface area contributed by atoms with Gasteiger partial charge in [0.25, 0.3) is 0 Å². The predicted molar refractivity (Wildman–Crippen MR) is 35.1 cm³/mol. The summed E-state index contributed by atoms with van der Waals surface area (Å²) in [6, 6.07) is 0. The van der Waals surface area contributed by atoms with E-state index in [1.165, 1.54) is 0 Å². The van der Waals surface area contributed by atoms with Crippen LogP contribution in [0.2, 0.25) is 0 Å². The van der Waals surface area contributed by atoms with E-state index in [0.717, 1.165) is 0 Å². The lowest BCUT2D eigenvalue weighted by Gasteiger charge is -2.12. The monoisotopic (exact) mass is 150 g/mol. The first-order valence-electron chi connectivity index (χ1n) is 3.26. The number of hydrogen-bond acceptors (Lipinski definition) is 4. The third-order valence-corrected chi connectivity index (χ3v) is 1.22. The zero-order valence-corrected chi connectivity index (χ0v) is 5.94. The molecule has 0 aromatic rings. The molecule has 0 aliphatic heterocycles. The highest BCUT2D eigenvalue weighted by Crippen LogP contribution is 2.02. The van der Waals surface area contributed by atoms with Gasteiger partial charge in [-0.25, -0.2) is 0 Å². The summed E-state index contributed by atoms with van der Waals surface area (Å²) in [6.07, 6.45) is -2.77. The van der Waals surface area contributed by atoms with Crippen molar-refractivity contribution in [3.05, 3.63) is 0 Å². The van der Waals surface area contributed by atoms with E-state index in [9.17, 15) is 0 Å². The first kappa shape index (κ1) is 9.84. The second kappa shape index (κ2) is 4.62. The summed E-state index contributed by atoms with van der Waals surface area (Å²) in [7, 11) is 0. The van der Waals surface area contributed by atoms with Crippen molar-refractivity contribution in [2.45, 2.75) is 38.3 Å². The van der Waals surface area contributed by atoms with E-state index in [1.54, 1.807) is 6.92 Å². The fourth-order valence-electron chi connectivity index (χ4n) is 0.561. The summed E-state index contributed by atoms with van der Waals surface area (Å²) in [5, 5.41) is 34.2. The molecule has 0 saturated carbocycles. The van der Waals surface area contributed by atoms with Gasteiger partial charge in [0.2, 0.25) is 0 Å². The molecule has 0 saturated heterocycles. The van der Waals surface area contributed by atoms with Crippen LogP contribution < -0.4 is 0 Å². The summed E-state index contributed by atoms with van der Waals surface area (Å²) in [4.78, 5) is 0. The van der Waals surface area contributed by atoms with E-state index >= 15 is 0 Å². The molecule has 4 nitrogen and oxygen atoms in total. The fourth-order valence-corrected chi connectivity index (χ4v) is 0.561. The summed E-state index contributed by atoms with van der Waals surface area (Å²) in [5.41, 5.74) is 0. The number of aliphatic hydroxyl groups excluding tert-OH is 3. The average molecular weight is 150 g/mol. The molecule has 0 spiro atoms. The number of aliphatic hydroxyl groups is 4. The third-order valence-electron chi connectivity index (χ3n) is 1.22. The molecule has 0 bridgehead atoms. The highest BCUT2D eigenvalue weighted by atomic mass is 16.5. The minimum Gasteiger partial charge on any atom is -0.393 e. The molecule has 0 rings (SSSR count). The van der Waals surface area contributed by atoms with Crippen molar-refractivity contribution in [2.24, 2.45) is 0 Å². The Morgan fingerprint density at radius 3 is 1.80 bits per heavy atom. The SMILES string of the molecule is CC(O)CCC(O)C(O)O. The highest BCUT2D eigenvalue weighted by Gasteiger charge is 2.12. The average Bonchev–Trinajstić information content (AvgIpc) is 1.82. The predicted octanol–water partition coefficient (Wildman–Crippen LogP) is -1.18. The van der Waals surface area contributed by atoms with Crippen molar-refractivity contribution in [2.75, 3.05) is 0 Å². The van der Waals surface area contributed by atoms with E-state index in [4.69, 9.17) is 20.4 Å². The lowest BCUT2D eigenvalue weighted by molar-refractivity contribution is -0.125. The van der Waals surface area contributed by atoms with Crippen molar-refractivity contribution < 1.29 is 20.4 Å². The largest absolute Gasteiger partial charge is 0.393 e. The van der Waals surface area contributed by atoms with Crippen LogP contribution in [0.15, 0.2) is 0 Å². The first-order chi connectivity index (χ1) is 4.54. The Labute approximate surface area is 59.7 Å². The molecule has 2 atom stereocenters. The summed E-state index contributed by atoms with van der Waals surface area (Å²) < 4.78 is 0. The molecule has 4 heteroatoms. The second-order valence-electron chi connectivity index (χ2n) is 2.41. The van der Waals surface area contributed by atoms with Crippen LogP contribution in [-0.2, 0) is 0 Å². The van der Waals surface area contributed by atoms with Gasteiger partial charge in [-0.15, -0.1) is 0 Å². The maximum atomic E-state index is 8.76. The van der Waals surface area contributed by atoms with Crippen LogP contribution in [0.3, 0.4) is 0 Å². The minimum absolute atomic E-state index is 0.204. The molecule has 0 aromatic heterocycles. The zero-order valence-electron chi connectivity index (χ0n) is 5.94. The van der Waals surface area contributed by atoms with Crippen molar-refractivity contribution >= 4 is 0 Å². The maximum Gasteiger partial charge on any atom is 0.178 e. The van der Waals surface area contributed by atoms with Crippen LogP contribution >= 0.6 is 0 Å². The Hall–Kier alpha value is -0.160. The van der Waals surface area contributed by atoms with E-state index < -0.39 is 18.5 Å². The molecule has 2 unspecified atom stereocenters. The molecule has 0 amide bonds. The lowest BCUT2D eigenvalue weighted by atomic mass is 10.1. The van der Waals surface area contributed by atoms with Crippen LogP contribution in [0.25, 0.3) is 0 Å². The molecule has 10 heavy (non-hydrogen) atoms. The summed E-state index contributed by atoms with van der Waals surface area (Å²) >= 11 is 0. The van der Waals surface area contributed by atoms with Crippen LogP contribution in [-0.4, -0.2) is 38.9 Å². The van der Waals surface area contributed by atoms with Crippen molar-refractivity contribution in [3.63, 3.8) is 0 Å². The Kier molecular flexibility index (Phi) is 4.55. The van der Waals surface area contributed by atoms with E-state index in [0.29, 0.717) is 6.42 Å². The van der Waals surface area contributed by atoms with Crippen molar-refractivity contribution in [3.8, 4) is 0 Å². The Morgan fingerprint density at radius 2 is 1.50 bits per heavy atom. The van der Waals surface area contributed by atoms with E-state index in [1.807, 2.05) is 0 Å². The number of hydrogen-bond donors (Lipinski definition) is 4. The van der Waals surface area contributed by atoms with Gasteiger partial charge >= 0.3 is 0 Å². The molecule has 4 N–H and O–H groups in total. The molecular weight excluding hydrogens is 136 g/mol. The standard InChI is InChI=1S/C6H14O4/c1-4(7)2-3-5(8)6(9)10/h4-10H,2-3H2,1H3. The first-order valence-corrected chi connectivity index (χ1v) is 3.26. The molecule has 0 aromatic carbocycles. The molecule has 0 radical (unpaired) electrons. The molecule has 0 aliphatic rings. The van der Waals surface area contributed by atoms with Gasteiger partial charge < -0.3 is 20.4 Å². The molecule has 0 heterocycles. The van der Waals surface area contributed by atoms with Gasteiger partial charge in [-0.05, 0) is 19.8 Å². The third kappa shape index (κ3) is 4.69. The Balaban J connectivity index is 3.30. The summed E-state index contributed by atoms with van der Waals surface area (Å²) in [6.45, 7) is 1.58. The molecular formula is C6H14O4. The van der Waals surface area contributed by atoms with Crippen molar-refractivity contribution in [1.29, 1.82) is 0 Å². The van der Waals surface area contributed by atoms with Crippen LogP contribution in [0.5, 0.6) is 0 Å². The minimum atomic E-state index is -1.70. The Morgan fingerprint density at radius 1 is 1.00 bits per heavy atom. The Bertz CT molecular complexity index is 81.8. The van der Waals surface area contributed by atoms with E-state index in [2.05, 4.69) is 0 Å². The van der Waals surface area contributed by atoms with Crippen LogP contribution in [0.1, 0.15) is 19.8 Å². The number of rotatable bonds is 4. The quantitative estimate of drug-likeness (QED) is 0.380. The van der Waals surface area contributed by atoms with Gasteiger partial charge in [0, 0.05) is 0 Å². The topological polar surface area (TPSA) is 80.9 Å². The smallest absolute Gasteiger partial charge is 0.178 e. The van der Waals surface area contributed by atoms with Gasteiger partial charge in [0.1, 0.15) is 6.10 Å². The maximum absolute atomic E-state index is 8.76. The van der Waals surface area contributed by atoms with Gasteiger partial charge in [-0.3, -0.25) is 0 Å². The van der Waals surface area contributed by atoms with Crippen LogP contribution in [0, 0.1) is 0 Å². The van der Waals surface area contributed by atoms with E-state index in [-0.39, 0.29) is 6.42 Å². The highest BCUT2D eigenvalue weighted by molar-refractivity contribution is 4.58. The van der Waals surface area contributed by atoms with Gasteiger partial charge in [-0.1, -0.05) is 0 Å². The fraction of sp³-hybridized carbons (Fsp3) is 1.00. The van der Waals surface area contributed by atoms with Crippen molar-refractivity contribution in [1.82, 2.24) is 0 Å². The zero-order chi connectivity index (χ0) is 8.15. The van der Waals surface area contributed by atoms with Crippen LogP contribution in [0.4, 0.5) is 0 Å². The van der Waals surface area contributed by atoms with Gasteiger partial charge in [0.15, 0.2) is 6.29 Å². The second-order valence-corrected chi connectivity index (χ2v) is 2.41. The molecule has 0 aliphatic carbocycles. The lowest BCUT2D eigenvalue weighted by Crippen LogP contribution is -2.25. The molecule has 62 valence electrons.